The van der Waals surface area contributed by atoms with E-state index in [1.54, 1.807) is 0 Å². The highest BCUT2D eigenvalue weighted by Gasteiger charge is 2.28. The molecule has 0 aliphatic heterocycles. The zero-order chi connectivity index (χ0) is 13.1. The molecular weight excluding hydrogens is 302 g/mol. The lowest BCUT2D eigenvalue weighted by Gasteiger charge is -2.22. The predicted octanol–water partition coefficient (Wildman–Crippen LogP) is 4.73. The number of aliphatic hydroxyl groups excluding tert-OH is 1. The van der Waals surface area contributed by atoms with E-state index in [0.29, 0.717) is 0 Å². The molecule has 0 bridgehead atoms. The molecule has 0 amide bonds. The summed E-state index contributed by atoms with van der Waals surface area (Å²) in [6.45, 7) is 0. The molecule has 0 heterocycles. The first-order valence-electron chi connectivity index (χ1n) is 6.42. The van der Waals surface area contributed by atoms with E-state index in [2.05, 4.69) is 15.9 Å². The van der Waals surface area contributed by atoms with Gasteiger partial charge in [-0.25, -0.2) is 8.78 Å². The van der Waals surface area contributed by atoms with Gasteiger partial charge in [-0.1, -0.05) is 25.7 Å². The zero-order valence-corrected chi connectivity index (χ0v) is 11.7. The van der Waals surface area contributed by atoms with Crippen LogP contribution < -0.4 is 0 Å². The normalized spacial score (nSPS) is 19.6. The van der Waals surface area contributed by atoms with Gasteiger partial charge in [0, 0.05) is 0 Å². The predicted molar refractivity (Wildman–Crippen MR) is 70.2 cm³/mol. The van der Waals surface area contributed by atoms with Crippen molar-refractivity contribution in [1.82, 2.24) is 0 Å². The lowest BCUT2D eigenvalue weighted by Crippen LogP contribution is -2.15. The Balaban J connectivity index is 2.27. The standard InChI is InChI=1S/C14H17BrF2O/c15-10-7-8-11(16)12(13(10)17)14(18)9-5-3-1-2-4-6-9/h7-9,14,18H,1-6H2. The van der Waals surface area contributed by atoms with Gasteiger partial charge in [-0.15, -0.1) is 0 Å². The Morgan fingerprint density at radius 2 is 1.72 bits per heavy atom. The second-order valence-electron chi connectivity index (χ2n) is 4.95. The van der Waals surface area contributed by atoms with Gasteiger partial charge in [0.15, 0.2) is 0 Å². The van der Waals surface area contributed by atoms with Gasteiger partial charge in [0.25, 0.3) is 0 Å². The summed E-state index contributed by atoms with van der Waals surface area (Å²) in [4.78, 5) is 0. The fourth-order valence-corrected chi connectivity index (χ4v) is 3.02. The van der Waals surface area contributed by atoms with Gasteiger partial charge in [-0.3, -0.25) is 0 Å². The molecule has 2 rings (SSSR count). The highest BCUT2D eigenvalue weighted by molar-refractivity contribution is 9.10. The number of benzene rings is 1. The highest BCUT2D eigenvalue weighted by Crippen LogP contribution is 2.37. The summed E-state index contributed by atoms with van der Waals surface area (Å²) in [5.74, 6) is -1.37. The maximum atomic E-state index is 13.9. The van der Waals surface area contributed by atoms with Gasteiger partial charge in [-0.05, 0) is 46.8 Å². The molecule has 4 heteroatoms. The average Bonchev–Trinajstić information content (AvgIpc) is 2.63. The van der Waals surface area contributed by atoms with E-state index in [-0.39, 0.29) is 16.0 Å². The molecule has 0 saturated heterocycles. The number of hydrogen-bond donors (Lipinski definition) is 1. The Morgan fingerprint density at radius 3 is 2.33 bits per heavy atom. The number of halogens is 3. The molecular formula is C14H17BrF2O. The van der Waals surface area contributed by atoms with E-state index in [1.165, 1.54) is 12.1 Å². The molecule has 1 N–H and O–H groups in total. The summed E-state index contributed by atoms with van der Waals surface area (Å²) in [5.41, 5.74) is -0.184. The van der Waals surface area contributed by atoms with Crippen LogP contribution in [0.3, 0.4) is 0 Å². The smallest absolute Gasteiger partial charge is 0.146 e. The van der Waals surface area contributed by atoms with Crippen LogP contribution in [-0.2, 0) is 0 Å². The van der Waals surface area contributed by atoms with E-state index in [4.69, 9.17) is 0 Å². The van der Waals surface area contributed by atoms with Gasteiger partial charge in [-0.2, -0.15) is 0 Å². The van der Waals surface area contributed by atoms with E-state index < -0.39 is 17.7 Å². The van der Waals surface area contributed by atoms with Crippen molar-refractivity contribution in [2.45, 2.75) is 44.6 Å². The molecule has 1 fully saturated rings. The Bertz CT molecular complexity index is 415. The Hall–Kier alpha value is -0.480. The minimum absolute atomic E-state index is 0.0363. The Morgan fingerprint density at radius 1 is 1.11 bits per heavy atom. The summed E-state index contributed by atoms with van der Waals surface area (Å²) in [6, 6.07) is 2.52. The number of rotatable bonds is 2. The fraction of sp³-hybridized carbons (Fsp3) is 0.571. The molecule has 1 nitrogen and oxygen atoms in total. The van der Waals surface area contributed by atoms with Gasteiger partial charge >= 0.3 is 0 Å². The summed E-state index contributed by atoms with van der Waals surface area (Å²) in [6.07, 6.45) is 4.98. The van der Waals surface area contributed by atoms with Crippen molar-refractivity contribution in [3.8, 4) is 0 Å². The third-order valence-electron chi connectivity index (χ3n) is 3.72. The quantitative estimate of drug-likeness (QED) is 0.617. The van der Waals surface area contributed by atoms with Crippen molar-refractivity contribution >= 4 is 15.9 Å². The largest absolute Gasteiger partial charge is 0.388 e. The van der Waals surface area contributed by atoms with E-state index >= 15 is 0 Å². The molecule has 1 atom stereocenters. The summed E-state index contributed by atoms with van der Waals surface area (Å²) >= 11 is 3.04. The van der Waals surface area contributed by atoms with Gasteiger partial charge in [0.05, 0.1) is 16.1 Å². The lowest BCUT2D eigenvalue weighted by molar-refractivity contribution is 0.0913. The van der Waals surface area contributed by atoms with E-state index in [0.717, 1.165) is 38.5 Å². The molecule has 0 aromatic heterocycles. The van der Waals surface area contributed by atoms with Crippen LogP contribution >= 0.6 is 15.9 Å². The molecule has 100 valence electrons. The zero-order valence-electron chi connectivity index (χ0n) is 10.1. The molecule has 0 spiro atoms. The monoisotopic (exact) mass is 318 g/mol. The van der Waals surface area contributed by atoms with Crippen molar-refractivity contribution in [3.05, 3.63) is 33.8 Å². The first-order chi connectivity index (χ1) is 8.61. The molecule has 1 aromatic carbocycles. The Kier molecular flexibility index (Phi) is 4.73. The van der Waals surface area contributed by atoms with Gasteiger partial charge < -0.3 is 5.11 Å². The minimum Gasteiger partial charge on any atom is -0.388 e. The van der Waals surface area contributed by atoms with Crippen molar-refractivity contribution in [2.24, 2.45) is 5.92 Å². The lowest BCUT2D eigenvalue weighted by atomic mass is 9.89. The second kappa shape index (κ2) is 6.11. The van der Waals surface area contributed by atoms with Crippen LogP contribution in [0.4, 0.5) is 8.78 Å². The molecule has 1 aliphatic rings. The van der Waals surface area contributed by atoms with Crippen molar-refractivity contribution in [1.29, 1.82) is 0 Å². The van der Waals surface area contributed by atoms with Crippen LogP contribution in [0.15, 0.2) is 16.6 Å². The third kappa shape index (κ3) is 2.91. The third-order valence-corrected chi connectivity index (χ3v) is 4.33. The maximum absolute atomic E-state index is 13.9. The van der Waals surface area contributed by atoms with E-state index in [1.807, 2.05) is 0 Å². The average molecular weight is 319 g/mol. The van der Waals surface area contributed by atoms with E-state index in [9.17, 15) is 13.9 Å². The summed E-state index contributed by atoms with van der Waals surface area (Å²) < 4.78 is 27.8. The molecule has 1 saturated carbocycles. The molecule has 1 aliphatic carbocycles. The molecule has 1 aromatic rings. The topological polar surface area (TPSA) is 20.2 Å². The minimum atomic E-state index is -1.04. The van der Waals surface area contributed by atoms with Crippen molar-refractivity contribution in [3.63, 3.8) is 0 Å². The van der Waals surface area contributed by atoms with Crippen LogP contribution in [0.25, 0.3) is 0 Å². The molecule has 18 heavy (non-hydrogen) atoms. The first-order valence-corrected chi connectivity index (χ1v) is 7.22. The number of hydrogen-bond acceptors (Lipinski definition) is 1. The molecule has 0 radical (unpaired) electrons. The van der Waals surface area contributed by atoms with Crippen molar-refractivity contribution < 1.29 is 13.9 Å². The van der Waals surface area contributed by atoms with Gasteiger partial charge in [0.1, 0.15) is 11.6 Å². The molecule has 1 unspecified atom stereocenters. The van der Waals surface area contributed by atoms with Gasteiger partial charge in [0.2, 0.25) is 0 Å². The second-order valence-corrected chi connectivity index (χ2v) is 5.81. The van der Waals surface area contributed by atoms with Crippen LogP contribution in [0, 0.1) is 17.6 Å². The van der Waals surface area contributed by atoms with Crippen LogP contribution in [-0.4, -0.2) is 5.11 Å². The van der Waals surface area contributed by atoms with Crippen LogP contribution in [0.5, 0.6) is 0 Å². The van der Waals surface area contributed by atoms with Crippen molar-refractivity contribution in [2.75, 3.05) is 0 Å². The summed E-state index contributed by atoms with van der Waals surface area (Å²) in [7, 11) is 0. The Labute approximate surface area is 114 Å². The SMILES string of the molecule is OC(c1c(F)ccc(Br)c1F)C1CCCCCC1. The highest BCUT2D eigenvalue weighted by atomic mass is 79.9. The van der Waals surface area contributed by atoms with Crippen LogP contribution in [0.1, 0.15) is 50.2 Å². The summed E-state index contributed by atoms with van der Waals surface area (Å²) in [5, 5.41) is 10.3. The first kappa shape index (κ1) is 13.9. The maximum Gasteiger partial charge on any atom is 0.146 e. The van der Waals surface area contributed by atoms with Crippen LogP contribution in [0.2, 0.25) is 0 Å². The fourth-order valence-electron chi connectivity index (χ4n) is 2.68. The number of aliphatic hydroxyl groups is 1.